The van der Waals surface area contributed by atoms with Gasteiger partial charge in [0, 0.05) is 17.7 Å². The van der Waals surface area contributed by atoms with Gasteiger partial charge >= 0.3 is 0 Å². The summed E-state index contributed by atoms with van der Waals surface area (Å²) in [5.41, 5.74) is 1.55. The van der Waals surface area contributed by atoms with Crippen molar-refractivity contribution in [3.05, 3.63) is 45.4 Å². The van der Waals surface area contributed by atoms with Crippen LogP contribution in [0.3, 0.4) is 0 Å². The van der Waals surface area contributed by atoms with Crippen molar-refractivity contribution in [1.29, 1.82) is 0 Å². The van der Waals surface area contributed by atoms with Crippen LogP contribution in [-0.2, 0) is 13.6 Å². The molecule has 0 aliphatic rings. The maximum absolute atomic E-state index is 13.0. The van der Waals surface area contributed by atoms with Crippen LogP contribution in [0.25, 0.3) is 0 Å². The quantitative estimate of drug-likeness (QED) is 0.937. The Kier molecular flexibility index (Phi) is 3.69. The highest BCUT2D eigenvalue weighted by atomic mass is 79.9. The van der Waals surface area contributed by atoms with Crippen molar-refractivity contribution in [1.82, 2.24) is 9.78 Å². The molecule has 0 saturated carbocycles. The van der Waals surface area contributed by atoms with E-state index in [1.54, 1.807) is 4.68 Å². The van der Waals surface area contributed by atoms with Gasteiger partial charge in [0.15, 0.2) is 0 Å². The summed E-state index contributed by atoms with van der Waals surface area (Å²) in [5, 5.41) is 7.68. The maximum Gasteiger partial charge on any atom is 0.125 e. The van der Waals surface area contributed by atoms with Gasteiger partial charge in [-0.1, -0.05) is 11.6 Å². The van der Waals surface area contributed by atoms with E-state index >= 15 is 0 Å². The molecular weight excluding hydrogens is 308 g/mol. The Morgan fingerprint density at radius 1 is 1.53 bits per heavy atom. The van der Waals surface area contributed by atoms with E-state index in [1.807, 2.05) is 19.3 Å². The summed E-state index contributed by atoms with van der Waals surface area (Å²) < 4.78 is 15.3. The number of benzene rings is 1. The molecule has 3 nitrogen and oxygen atoms in total. The van der Waals surface area contributed by atoms with Gasteiger partial charge in [0.2, 0.25) is 0 Å². The molecule has 0 aliphatic heterocycles. The van der Waals surface area contributed by atoms with Gasteiger partial charge in [0.05, 0.1) is 22.9 Å². The summed E-state index contributed by atoms with van der Waals surface area (Å²) in [6.07, 6.45) is 1.86. The number of hydrogen-bond donors (Lipinski definition) is 1. The SMILES string of the molecule is Cn1ccc(CNc2c(Cl)cc(F)cc2Br)n1. The van der Waals surface area contributed by atoms with Crippen LogP contribution >= 0.6 is 27.5 Å². The zero-order chi connectivity index (χ0) is 12.4. The summed E-state index contributed by atoms with van der Waals surface area (Å²) in [5.74, 6) is -0.370. The second kappa shape index (κ2) is 5.06. The number of halogens is 3. The lowest BCUT2D eigenvalue weighted by atomic mass is 10.3. The Morgan fingerprint density at radius 3 is 2.88 bits per heavy atom. The van der Waals surface area contributed by atoms with E-state index in [0.29, 0.717) is 21.7 Å². The third-order valence-corrected chi connectivity index (χ3v) is 3.15. The normalized spacial score (nSPS) is 10.6. The molecule has 1 N–H and O–H groups in total. The Morgan fingerprint density at radius 2 is 2.29 bits per heavy atom. The summed E-state index contributed by atoms with van der Waals surface area (Å²) >= 11 is 9.21. The third kappa shape index (κ3) is 2.98. The summed E-state index contributed by atoms with van der Waals surface area (Å²) in [6.45, 7) is 0.533. The molecule has 0 fully saturated rings. The first-order chi connectivity index (χ1) is 8.06. The van der Waals surface area contributed by atoms with Crippen molar-refractivity contribution in [3.63, 3.8) is 0 Å². The number of hydrogen-bond acceptors (Lipinski definition) is 2. The number of aryl methyl sites for hydroxylation is 1. The van der Waals surface area contributed by atoms with Gasteiger partial charge in [0.1, 0.15) is 5.82 Å². The molecule has 1 aromatic carbocycles. The number of nitrogens with zero attached hydrogens (tertiary/aromatic N) is 2. The van der Waals surface area contributed by atoms with Gasteiger partial charge in [-0.3, -0.25) is 4.68 Å². The minimum Gasteiger partial charge on any atom is -0.377 e. The fourth-order valence-corrected chi connectivity index (χ4v) is 2.41. The van der Waals surface area contributed by atoms with Gasteiger partial charge in [-0.2, -0.15) is 5.10 Å². The molecule has 0 atom stereocenters. The molecule has 0 aliphatic carbocycles. The van der Waals surface area contributed by atoms with Crippen molar-refractivity contribution in [2.24, 2.45) is 7.05 Å². The monoisotopic (exact) mass is 317 g/mol. The molecule has 90 valence electrons. The van der Waals surface area contributed by atoms with Crippen LogP contribution in [0.4, 0.5) is 10.1 Å². The Hall–Kier alpha value is -1.07. The molecular formula is C11H10BrClFN3. The Labute approximate surface area is 112 Å². The predicted molar refractivity (Wildman–Crippen MR) is 69.6 cm³/mol. The topological polar surface area (TPSA) is 29.9 Å². The molecule has 0 saturated heterocycles. The average molecular weight is 319 g/mol. The molecule has 17 heavy (non-hydrogen) atoms. The number of nitrogens with one attached hydrogen (secondary N) is 1. The lowest BCUT2D eigenvalue weighted by molar-refractivity contribution is 0.627. The minimum absolute atomic E-state index is 0.341. The van der Waals surface area contributed by atoms with Crippen molar-refractivity contribution in [3.8, 4) is 0 Å². The number of rotatable bonds is 3. The number of aromatic nitrogens is 2. The van der Waals surface area contributed by atoms with Crippen molar-refractivity contribution >= 4 is 33.2 Å². The summed E-state index contributed by atoms with van der Waals surface area (Å²) in [7, 11) is 1.85. The third-order valence-electron chi connectivity index (χ3n) is 2.22. The minimum atomic E-state index is -0.370. The van der Waals surface area contributed by atoms with Gasteiger partial charge in [-0.05, 0) is 34.1 Å². The van der Waals surface area contributed by atoms with E-state index in [9.17, 15) is 4.39 Å². The zero-order valence-electron chi connectivity index (χ0n) is 9.04. The highest BCUT2D eigenvalue weighted by Gasteiger charge is 2.08. The summed E-state index contributed by atoms with van der Waals surface area (Å²) in [6, 6.07) is 4.54. The largest absolute Gasteiger partial charge is 0.377 e. The standard InChI is InChI=1S/C11H10BrClFN3/c1-17-3-2-8(16-17)6-15-11-9(12)4-7(14)5-10(11)13/h2-5,15H,6H2,1H3. The highest BCUT2D eigenvalue weighted by Crippen LogP contribution is 2.31. The maximum atomic E-state index is 13.0. The second-order valence-corrected chi connectivity index (χ2v) is 4.84. The molecule has 0 amide bonds. The van der Waals surface area contributed by atoms with E-state index < -0.39 is 0 Å². The van der Waals surface area contributed by atoms with E-state index in [-0.39, 0.29) is 5.82 Å². The van der Waals surface area contributed by atoms with E-state index in [4.69, 9.17) is 11.6 Å². The van der Waals surface area contributed by atoms with Crippen LogP contribution in [0, 0.1) is 5.82 Å². The smallest absolute Gasteiger partial charge is 0.125 e. The van der Waals surface area contributed by atoms with Crippen LogP contribution in [0.2, 0.25) is 5.02 Å². The molecule has 1 aromatic heterocycles. The van der Waals surface area contributed by atoms with Crippen LogP contribution in [0.15, 0.2) is 28.9 Å². The second-order valence-electron chi connectivity index (χ2n) is 3.58. The summed E-state index contributed by atoms with van der Waals surface area (Å²) in [4.78, 5) is 0. The van der Waals surface area contributed by atoms with Crippen LogP contribution in [-0.4, -0.2) is 9.78 Å². The van der Waals surface area contributed by atoms with E-state index in [2.05, 4.69) is 26.3 Å². The van der Waals surface area contributed by atoms with Crippen LogP contribution < -0.4 is 5.32 Å². The van der Waals surface area contributed by atoms with Crippen molar-refractivity contribution < 1.29 is 4.39 Å². The van der Waals surface area contributed by atoms with Crippen LogP contribution in [0.1, 0.15) is 5.69 Å². The van der Waals surface area contributed by atoms with Gasteiger partial charge in [0.25, 0.3) is 0 Å². The fourth-order valence-electron chi connectivity index (χ4n) is 1.45. The first-order valence-electron chi connectivity index (χ1n) is 4.93. The van der Waals surface area contributed by atoms with Gasteiger partial charge in [-0.25, -0.2) is 4.39 Å². The first kappa shape index (κ1) is 12.4. The molecule has 0 radical (unpaired) electrons. The Bertz CT molecular complexity index is 518. The van der Waals surface area contributed by atoms with E-state index in [0.717, 1.165) is 5.69 Å². The van der Waals surface area contributed by atoms with Gasteiger partial charge < -0.3 is 5.32 Å². The molecule has 0 spiro atoms. The fraction of sp³-hybridized carbons (Fsp3) is 0.182. The van der Waals surface area contributed by atoms with Crippen molar-refractivity contribution in [2.75, 3.05) is 5.32 Å². The lowest BCUT2D eigenvalue weighted by Gasteiger charge is -2.09. The van der Waals surface area contributed by atoms with Gasteiger partial charge in [-0.15, -0.1) is 0 Å². The predicted octanol–water partition coefficient (Wildman–Crippen LogP) is 3.59. The number of anilines is 1. The zero-order valence-corrected chi connectivity index (χ0v) is 11.4. The highest BCUT2D eigenvalue weighted by molar-refractivity contribution is 9.10. The molecule has 0 unspecified atom stereocenters. The first-order valence-corrected chi connectivity index (χ1v) is 6.10. The van der Waals surface area contributed by atoms with Crippen molar-refractivity contribution in [2.45, 2.75) is 6.54 Å². The lowest BCUT2D eigenvalue weighted by Crippen LogP contribution is -2.02. The molecule has 6 heteroatoms. The molecule has 2 rings (SSSR count). The molecule has 2 aromatic rings. The van der Waals surface area contributed by atoms with Crippen LogP contribution in [0.5, 0.6) is 0 Å². The Balaban J connectivity index is 2.14. The van der Waals surface area contributed by atoms with E-state index in [1.165, 1.54) is 12.1 Å². The average Bonchev–Trinajstić information content (AvgIpc) is 2.62. The molecule has 1 heterocycles. The molecule has 0 bridgehead atoms.